The van der Waals surface area contributed by atoms with Crippen LogP contribution in [0, 0.1) is 0 Å². The van der Waals surface area contributed by atoms with Gasteiger partial charge < -0.3 is 15.8 Å². The van der Waals surface area contributed by atoms with E-state index in [1.807, 2.05) is 0 Å². The van der Waals surface area contributed by atoms with Gasteiger partial charge in [-0.1, -0.05) is 11.6 Å². The molecule has 0 aliphatic carbocycles. The van der Waals surface area contributed by atoms with Gasteiger partial charge in [-0.15, -0.1) is 0 Å². The zero-order valence-electron chi connectivity index (χ0n) is 10.6. The number of ether oxygens (including phenoxy) is 1. The van der Waals surface area contributed by atoms with Crippen LogP contribution in [-0.2, 0) is 0 Å². The van der Waals surface area contributed by atoms with E-state index in [9.17, 15) is 0 Å². The summed E-state index contributed by atoms with van der Waals surface area (Å²) in [6.45, 7) is 0. The Kier molecular flexibility index (Phi) is 3.08. The summed E-state index contributed by atoms with van der Waals surface area (Å²) in [6, 6.07) is 8.83. The Morgan fingerprint density at radius 1 is 1.15 bits per heavy atom. The molecule has 0 aliphatic rings. The Morgan fingerprint density at radius 2 is 1.95 bits per heavy atom. The van der Waals surface area contributed by atoms with Crippen LogP contribution in [0.15, 0.2) is 35.0 Å². The predicted octanol–water partition coefficient (Wildman–Crippen LogP) is 3.21. The van der Waals surface area contributed by atoms with Gasteiger partial charge in [-0.3, -0.25) is 0 Å². The van der Waals surface area contributed by atoms with Gasteiger partial charge in [0.05, 0.1) is 29.2 Å². The first-order valence-electron chi connectivity index (χ1n) is 5.80. The van der Waals surface area contributed by atoms with E-state index in [1.165, 1.54) is 0 Å². The molecular formula is C13H11ClN4O2. The summed E-state index contributed by atoms with van der Waals surface area (Å²) in [5.74, 6) is 0.696. The Bertz CT molecular complexity index is 772. The molecule has 1 heterocycles. The van der Waals surface area contributed by atoms with Gasteiger partial charge in [-0.05, 0) is 34.6 Å². The lowest BCUT2D eigenvalue weighted by molar-refractivity contribution is 0.316. The zero-order valence-corrected chi connectivity index (χ0v) is 11.3. The molecule has 0 spiro atoms. The molecule has 1 aromatic heterocycles. The average Bonchev–Trinajstić information content (AvgIpc) is 2.94. The van der Waals surface area contributed by atoms with Crippen molar-refractivity contribution in [1.29, 1.82) is 0 Å². The van der Waals surface area contributed by atoms with E-state index in [-0.39, 0.29) is 0 Å². The number of nitrogens with zero attached hydrogens (tertiary/aromatic N) is 2. The third-order valence-corrected chi connectivity index (χ3v) is 3.22. The Balaban J connectivity index is 2.05. The fourth-order valence-electron chi connectivity index (χ4n) is 1.86. The highest BCUT2D eigenvalue weighted by atomic mass is 35.5. The van der Waals surface area contributed by atoms with Gasteiger partial charge in [-0.25, -0.2) is 4.63 Å². The normalized spacial score (nSPS) is 10.7. The van der Waals surface area contributed by atoms with Crippen LogP contribution in [0.5, 0.6) is 5.75 Å². The van der Waals surface area contributed by atoms with Crippen LogP contribution >= 0.6 is 11.6 Å². The molecule has 6 nitrogen and oxygen atoms in total. The highest BCUT2D eigenvalue weighted by Gasteiger charge is 2.11. The van der Waals surface area contributed by atoms with Crippen molar-refractivity contribution in [2.75, 3.05) is 18.2 Å². The van der Waals surface area contributed by atoms with E-state index in [0.29, 0.717) is 38.9 Å². The number of benzene rings is 2. The summed E-state index contributed by atoms with van der Waals surface area (Å²) in [5.41, 5.74) is 8.75. The van der Waals surface area contributed by atoms with Crippen LogP contribution in [0.4, 0.5) is 17.1 Å². The minimum atomic E-state index is 0.503. The summed E-state index contributed by atoms with van der Waals surface area (Å²) >= 11 is 6.16. The first-order valence-corrected chi connectivity index (χ1v) is 6.18. The van der Waals surface area contributed by atoms with Crippen LogP contribution in [0.1, 0.15) is 0 Å². The second-order valence-electron chi connectivity index (χ2n) is 4.13. The minimum Gasteiger partial charge on any atom is -0.497 e. The average molecular weight is 291 g/mol. The lowest BCUT2D eigenvalue weighted by Gasteiger charge is -2.10. The van der Waals surface area contributed by atoms with Gasteiger partial charge >= 0.3 is 0 Å². The molecule has 102 valence electrons. The first kappa shape index (κ1) is 12.6. The lowest BCUT2D eigenvalue weighted by atomic mass is 10.2. The maximum atomic E-state index is 6.16. The molecule has 0 radical (unpaired) electrons. The highest BCUT2D eigenvalue weighted by molar-refractivity contribution is 6.33. The van der Waals surface area contributed by atoms with Crippen LogP contribution in [-0.4, -0.2) is 17.4 Å². The number of hydrogen-bond acceptors (Lipinski definition) is 6. The van der Waals surface area contributed by atoms with Gasteiger partial charge in [0, 0.05) is 6.07 Å². The smallest absolute Gasteiger partial charge is 0.160 e. The second kappa shape index (κ2) is 4.90. The number of nitrogens with one attached hydrogen (secondary N) is 1. The molecule has 3 aromatic rings. The van der Waals surface area contributed by atoms with Gasteiger partial charge in [-0.2, -0.15) is 0 Å². The summed E-state index contributed by atoms with van der Waals surface area (Å²) < 4.78 is 9.90. The monoisotopic (exact) mass is 290 g/mol. The molecule has 20 heavy (non-hydrogen) atoms. The summed E-state index contributed by atoms with van der Waals surface area (Å²) in [6.07, 6.45) is 0. The lowest BCUT2D eigenvalue weighted by Crippen LogP contribution is -1.95. The molecule has 0 saturated carbocycles. The number of nitrogens with two attached hydrogens (primary N) is 1. The maximum absolute atomic E-state index is 6.16. The number of fused-ring (bicyclic) bond motifs is 1. The molecule has 0 unspecified atom stereocenters. The third-order valence-electron chi connectivity index (χ3n) is 2.89. The Morgan fingerprint density at radius 3 is 2.75 bits per heavy atom. The number of nitrogen functional groups attached to an aromatic ring is 1. The number of aromatic nitrogens is 2. The Labute approximate surface area is 119 Å². The quantitative estimate of drug-likeness (QED) is 0.720. The topological polar surface area (TPSA) is 86.2 Å². The van der Waals surface area contributed by atoms with Crippen LogP contribution in [0.2, 0.25) is 5.02 Å². The van der Waals surface area contributed by atoms with E-state index in [1.54, 1.807) is 37.4 Å². The van der Waals surface area contributed by atoms with Crippen molar-refractivity contribution < 1.29 is 9.37 Å². The van der Waals surface area contributed by atoms with Gasteiger partial charge in [0.2, 0.25) is 0 Å². The van der Waals surface area contributed by atoms with E-state index >= 15 is 0 Å². The van der Waals surface area contributed by atoms with E-state index < -0.39 is 0 Å². The summed E-state index contributed by atoms with van der Waals surface area (Å²) in [5, 5.41) is 11.3. The molecule has 7 heteroatoms. The number of hydrogen-bond donors (Lipinski definition) is 2. The molecule has 3 N–H and O–H groups in total. The number of halogens is 1. The first-order chi connectivity index (χ1) is 9.69. The van der Waals surface area contributed by atoms with E-state index in [2.05, 4.69) is 15.6 Å². The standard InChI is InChI=1S/C13H11ClN4O2/c1-19-7-2-3-8(14)11(6-7)16-10-5-4-9(15)12-13(10)18-20-17-12/h2-6,16H,15H2,1H3. The molecule has 0 atom stereocenters. The number of methoxy groups -OCH3 is 1. The maximum Gasteiger partial charge on any atom is 0.160 e. The van der Waals surface area contributed by atoms with E-state index in [0.717, 1.165) is 0 Å². The second-order valence-corrected chi connectivity index (χ2v) is 4.54. The van der Waals surface area contributed by atoms with Crippen molar-refractivity contribution in [2.45, 2.75) is 0 Å². The van der Waals surface area contributed by atoms with Crippen molar-refractivity contribution in [3.8, 4) is 5.75 Å². The van der Waals surface area contributed by atoms with Crippen molar-refractivity contribution >= 4 is 39.7 Å². The largest absolute Gasteiger partial charge is 0.497 e. The van der Waals surface area contributed by atoms with Gasteiger partial charge in [0.15, 0.2) is 11.0 Å². The predicted molar refractivity (Wildman–Crippen MR) is 77.5 cm³/mol. The van der Waals surface area contributed by atoms with Gasteiger partial charge in [0.25, 0.3) is 0 Å². The SMILES string of the molecule is COc1ccc(Cl)c(Nc2ccc(N)c3nonc23)c1. The van der Waals surface area contributed by atoms with Crippen molar-refractivity contribution in [3.63, 3.8) is 0 Å². The van der Waals surface area contributed by atoms with Crippen LogP contribution in [0.25, 0.3) is 11.0 Å². The molecule has 3 rings (SSSR count). The van der Waals surface area contributed by atoms with E-state index in [4.69, 9.17) is 26.7 Å². The van der Waals surface area contributed by atoms with Gasteiger partial charge in [0.1, 0.15) is 5.75 Å². The molecule has 2 aromatic carbocycles. The fourth-order valence-corrected chi connectivity index (χ4v) is 2.02. The van der Waals surface area contributed by atoms with Crippen molar-refractivity contribution in [3.05, 3.63) is 35.4 Å². The van der Waals surface area contributed by atoms with Crippen LogP contribution in [0.3, 0.4) is 0 Å². The van der Waals surface area contributed by atoms with Crippen molar-refractivity contribution in [2.24, 2.45) is 0 Å². The molecule has 0 aliphatic heterocycles. The number of rotatable bonds is 3. The minimum absolute atomic E-state index is 0.503. The summed E-state index contributed by atoms with van der Waals surface area (Å²) in [4.78, 5) is 0. The molecule has 0 bridgehead atoms. The third kappa shape index (κ3) is 2.10. The Hall–Kier alpha value is -2.47. The van der Waals surface area contributed by atoms with Crippen molar-refractivity contribution in [1.82, 2.24) is 10.3 Å². The van der Waals surface area contributed by atoms with Crippen LogP contribution < -0.4 is 15.8 Å². The fraction of sp³-hybridized carbons (Fsp3) is 0.0769. The molecular weight excluding hydrogens is 280 g/mol. The zero-order chi connectivity index (χ0) is 14.1. The summed E-state index contributed by atoms with van der Waals surface area (Å²) in [7, 11) is 1.59. The highest BCUT2D eigenvalue weighted by Crippen LogP contribution is 2.32. The molecule has 0 amide bonds. The molecule has 0 saturated heterocycles. The number of anilines is 3. The molecule has 0 fully saturated rings.